The Labute approximate surface area is 147 Å². The number of hydrogen-bond acceptors (Lipinski definition) is 4. The van der Waals surface area contributed by atoms with E-state index in [1.807, 2.05) is 31.2 Å². The molecule has 6 nitrogen and oxygen atoms in total. The molecule has 0 heterocycles. The summed E-state index contributed by atoms with van der Waals surface area (Å²) in [6.45, 7) is 3.57. The highest BCUT2D eigenvalue weighted by Gasteiger charge is 2.14. The number of rotatable bonds is 5. The molecular weight excluding hydrogens is 409 g/mol. The van der Waals surface area contributed by atoms with E-state index >= 15 is 0 Å². The van der Waals surface area contributed by atoms with Gasteiger partial charge in [0.2, 0.25) is 5.91 Å². The first kappa shape index (κ1) is 17.2. The molecule has 0 saturated carbocycles. The Morgan fingerprint density at radius 2 is 1.87 bits per heavy atom. The van der Waals surface area contributed by atoms with E-state index in [-0.39, 0.29) is 18.1 Å². The molecule has 120 valence electrons. The van der Waals surface area contributed by atoms with Gasteiger partial charge in [0, 0.05) is 20.9 Å². The normalized spacial score (nSPS) is 10.2. The van der Waals surface area contributed by atoms with Gasteiger partial charge in [-0.2, -0.15) is 0 Å². The fourth-order valence-corrected chi connectivity index (χ4v) is 2.68. The second-order valence-corrected chi connectivity index (χ2v) is 6.25. The smallest absolute Gasteiger partial charge is 0.274 e. The van der Waals surface area contributed by atoms with Crippen molar-refractivity contribution in [3.8, 4) is 0 Å². The van der Waals surface area contributed by atoms with E-state index in [0.717, 1.165) is 14.8 Å². The minimum atomic E-state index is -0.424. The van der Waals surface area contributed by atoms with Crippen molar-refractivity contribution >= 4 is 45.6 Å². The van der Waals surface area contributed by atoms with Crippen molar-refractivity contribution in [3.05, 3.63) is 61.2 Å². The third-order valence-electron chi connectivity index (χ3n) is 3.33. The van der Waals surface area contributed by atoms with Crippen molar-refractivity contribution in [2.75, 3.05) is 17.2 Å². The van der Waals surface area contributed by atoms with Crippen LogP contribution in [0.3, 0.4) is 0 Å². The Hall–Kier alpha value is -2.16. The SMILES string of the molecule is Cc1cc(C)c([N+](=O)[O-])cc1NCC(=O)Nc1ccccc1I. The number of nitrogens with zero attached hydrogens (tertiary/aromatic N) is 1. The molecule has 0 aromatic heterocycles. The van der Waals surface area contributed by atoms with Crippen LogP contribution >= 0.6 is 22.6 Å². The first-order valence-corrected chi connectivity index (χ1v) is 8.00. The van der Waals surface area contributed by atoms with Gasteiger partial charge in [-0.3, -0.25) is 14.9 Å². The van der Waals surface area contributed by atoms with E-state index in [1.54, 1.807) is 13.0 Å². The summed E-state index contributed by atoms with van der Waals surface area (Å²) in [6.07, 6.45) is 0. The fraction of sp³-hybridized carbons (Fsp3) is 0.188. The first-order valence-electron chi connectivity index (χ1n) is 6.92. The van der Waals surface area contributed by atoms with Crippen LogP contribution < -0.4 is 10.6 Å². The van der Waals surface area contributed by atoms with Crippen LogP contribution in [0.25, 0.3) is 0 Å². The first-order chi connectivity index (χ1) is 10.9. The van der Waals surface area contributed by atoms with Gasteiger partial charge in [-0.05, 0) is 60.2 Å². The Morgan fingerprint density at radius 1 is 1.17 bits per heavy atom. The summed E-state index contributed by atoms with van der Waals surface area (Å²) in [4.78, 5) is 22.6. The second kappa shape index (κ2) is 7.40. The van der Waals surface area contributed by atoms with Crippen LogP contribution in [-0.4, -0.2) is 17.4 Å². The van der Waals surface area contributed by atoms with E-state index in [2.05, 4.69) is 33.2 Å². The average molecular weight is 425 g/mol. The van der Waals surface area contributed by atoms with Gasteiger partial charge < -0.3 is 10.6 Å². The van der Waals surface area contributed by atoms with Gasteiger partial charge >= 0.3 is 0 Å². The van der Waals surface area contributed by atoms with Crippen molar-refractivity contribution in [1.29, 1.82) is 0 Å². The number of halogens is 1. The largest absolute Gasteiger partial charge is 0.376 e. The maximum Gasteiger partial charge on any atom is 0.274 e. The Balaban J connectivity index is 2.06. The molecule has 0 radical (unpaired) electrons. The Morgan fingerprint density at radius 3 is 2.52 bits per heavy atom. The molecule has 0 saturated heterocycles. The number of nitro groups is 1. The van der Waals surface area contributed by atoms with Crippen molar-refractivity contribution in [3.63, 3.8) is 0 Å². The lowest BCUT2D eigenvalue weighted by Gasteiger charge is -2.11. The zero-order chi connectivity index (χ0) is 17.0. The molecule has 1 amide bonds. The lowest BCUT2D eigenvalue weighted by atomic mass is 10.1. The minimum absolute atomic E-state index is 0.0338. The van der Waals surface area contributed by atoms with Crippen LogP contribution in [0.4, 0.5) is 17.1 Å². The summed E-state index contributed by atoms with van der Waals surface area (Å²) in [7, 11) is 0. The van der Waals surface area contributed by atoms with Gasteiger partial charge in [0.15, 0.2) is 0 Å². The number of carbonyl (C=O) groups excluding carboxylic acids is 1. The van der Waals surface area contributed by atoms with Crippen LogP contribution in [0.15, 0.2) is 36.4 Å². The second-order valence-electron chi connectivity index (χ2n) is 5.09. The summed E-state index contributed by atoms with van der Waals surface area (Å²) >= 11 is 2.14. The summed E-state index contributed by atoms with van der Waals surface area (Å²) in [5.74, 6) is -0.211. The molecule has 0 fully saturated rings. The lowest BCUT2D eigenvalue weighted by Crippen LogP contribution is -2.22. The van der Waals surface area contributed by atoms with E-state index in [9.17, 15) is 14.9 Å². The average Bonchev–Trinajstić information content (AvgIpc) is 2.48. The molecule has 2 N–H and O–H groups in total. The molecule has 0 aliphatic rings. The van der Waals surface area contributed by atoms with Gasteiger partial charge in [-0.1, -0.05) is 12.1 Å². The van der Waals surface area contributed by atoms with E-state index < -0.39 is 4.92 Å². The number of aryl methyl sites for hydroxylation is 2. The molecule has 0 bridgehead atoms. The fourth-order valence-electron chi connectivity index (χ4n) is 2.16. The number of hydrogen-bond donors (Lipinski definition) is 2. The standard InChI is InChI=1S/C16H16IN3O3/c1-10-7-11(2)15(20(22)23)8-14(10)18-9-16(21)19-13-6-4-3-5-12(13)17/h3-8,18H,9H2,1-2H3,(H,19,21). The highest BCUT2D eigenvalue weighted by atomic mass is 127. The van der Waals surface area contributed by atoms with Crippen LogP contribution in [0, 0.1) is 27.5 Å². The maximum atomic E-state index is 12.0. The van der Waals surface area contributed by atoms with E-state index in [4.69, 9.17) is 0 Å². The number of nitro benzene ring substituents is 1. The third-order valence-corrected chi connectivity index (χ3v) is 4.27. The topological polar surface area (TPSA) is 84.3 Å². The highest BCUT2D eigenvalue weighted by Crippen LogP contribution is 2.26. The van der Waals surface area contributed by atoms with Crippen LogP contribution in [0.1, 0.15) is 11.1 Å². The lowest BCUT2D eigenvalue weighted by molar-refractivity contribution is -0.385. The maximum absolute atomic E-state index is 12.0. The van der Waals surface area contributed by atoms with Crippen molar-refractivity contribution in [2.24, 2.45) is 0 Å². The predicted octanol–water partition coefficient (Wildman–Crippen LogP) is 3.87. The van der Waals surface area contributed by atoms with Crippen LogP contribution in [0.2, 0.25) is 0 Å². The zero-order valence-electron chi connectivity index (χ0n) is 12.7. The number of amides is 1. The molecule has 0 aliphatic heterocycles. The zero-order valence-corrected chi connectivity index (χ0v) is 14.9. The summed E-state index contributed by atoms with van der Waals surface area (Å²) in [6, 6.07) is 10.7. The monoisotopic (exact) mass is 425 g/mol. The van der Waals surface area contributed by atoms with Crippen molar-refractivity contribution < 1.29 is 9.72 Å². The van der Waals surface area contributed by atoms with Gasteiger partial charge in [0.25, 0.3) is 5.69 Å². The molecule has 2 aromatic rings. The molecule has 0 spiro atoms. The van der Waals surface area contributed by atoms with Gasteiger partial charge in [-0.25, -0.2) is 0 Å². The van der Waals surface area contributed by atoms with E-state index in [0.29, 0.717) is 11.3 Å². The minimum Gasteiger partial charge on any atom is -0.376 e. The number of anilines is 2. The van der Waals surface area contributed by atoms with Crippen molar-refractivity contribution in [1.82, 2.24) is 0 Å². The highest BCUT2D eigenvalue weighted by molar-refractivity contribution is 14.1. The van der Waals surface area contributed by atoms with Gasteiger partial charge in [0.1, 0.15) is 0 Å². The quantitative estimate of drug-likeness (QED) is 0.433. The predicted molar refractivity (Wildman–Crippen MR) is 98.8 cm³/mol. The molecule has 0 atom stereocenters. The molecule has 7 heteroatoms. The summed E-state index contributed by atoms with van der Waals surface area (Å²) in [5, 5.41) is 16.8. The summed E-state index contributed by atoms with van der Waals surface area (Å²) in [5.41, 5.74) is 2.82. The van der Waals surface area contributed by atoms with Gasteiger partial charge in [0.05, 0.1) is 17.2 Å². The van der Waals surface area contributed by atoms with E-state index in [1.165, 1.54) is 6.07 Å². The number of benzene rings is 2. The Bertz CT molecular complexity index is 762. The van der Waals surface area contributed by atoms with Crippen LogP contribution in [-0.2, 0) is 4.79 Å². The number of nitrogens with one attached hydrogen (secondary N) is 2. The number of carbonyl (C=O) groups is 1. The molecule has 0 unspecified atom stereocenters. The summed E-state index contributed by atoms with van der Waals surface area (Å²) < 4.78 is 0.945. The van der Waals surface area contributed by atoms with Crippen molar-refractivity contribution in [2.45, 2.75) is 13.8 Å². The molecule has 2 rings (SSSR count). The molecule has 23 heavy (non-hydrogen) atoms. The third kappa shape index (κ3) is 4.41. The van der Waals surface area contributed by atoms with Gasteiger partial charge in [-0.15, -0.1) is 0 Å². The molecular formula is C16H16IN3O3. The molecule has 0 aliphatic carbocycles. The number of para-hydroxylation sites is 1. The van der Waals surface area contributed by atoms with Crippen LogP contribution in [0.5, 0.6) is 0 Å². The molecule has 2 aromatic carbocycles. The Kier molecular flexibility index (Phi) is 5.54.